The molecule has 0 aliphatic rings. The van der Waals surface area contributed by atoms with E-state index in [-0.39, 0.29) is 6.61 Å². The van der Waals surface area contributed by atoms with Crippen LogP contribution < -0.4 is 4.74 Å². The number of hydrogen-bond donors (Lipinski definition) is 1. The van der Waals surface area contributed by atoms with Gasteiger partial charge in [-0.2, -0.15) is 0 Å². The minimum Gasteiger partial charge on any atom is -0.489 e. The van der Waals surface area contributed by atoms with Crippen molar-refractivity contribution in [1.29, 1.82) is 0 Å². The summed E-state index contributed by atoms with van der Waals surface area (Å²) in [5, 5.41) is 9.66. The van der Waals surface area contributed by atoms with Gasteiger partial charge in [-0.05, 0) is 42.0 Å². The lowest BCUT2D eigenvalue weighted by molar-refractivity contribution is 0.306. The second-order valence-electron chi connectivity index (χ2n) is 4.02. The summed E-state index contributed by atoms with van der Waals surface area (Å²) in [5.74, 6) is 6.15. The fourth-order valence-corrected chi connectivity index (χ4v) is 1.89. The van der Waals surface area contributed by atoms with Crippen LogP contribution in [0.3, 0.4) is 0 Å². The Bertz CT molecular complexity index is 640. The third-order valence-electron chi connectivity index (χ3n) is 2.56. The Labute approximate surface area is 127 Å². The summed E-state index contributed by atoms with van der Waals surface area (Å²) in [6.45, 7) is 0.272. The highest BCUT2D eigenvalue weighted by Crippen LogP contribution is 2.23. The SMILES string of the molecule is OCC#Cc1ccc(OCc2ccc(Cl)c(Cl)c2)cc1. The lowest BCUT2D eigenvalue weighted by Crippen LogP contribution is -1.95. The molecule has 0 aliphatic heterocycles. The summed E-state index contributed by atoms with van der Waals surface area (Å²) in [4.78, 5) is 0. The van der Waals surface area contributed by atoms with Crippen molar-refractivity contribution in [3.05, 3.63) is 63.6 Å². The minimum atomic E-state index is -0.143. The molecule has 4 heteroatoms. The first kappa shape index (κ1) is 14.7. The maximum Gasteiger partial charge on any atom is 0.119 e. The van der Waals surface area contributed by atoms with Gasteiger partial charge in [-0.1, -0.05) is 41.1 Å². The number of rotatable bonds is 3. The number of aliphatic hydroxyl groups is 1. The Morgan fingerprint density at radius 2 is 1.75 bits per heavy atom. The molecule has 0 aliphatic carbocycles. The van der Waals surface area contributed by atoms with E-state index in [0.717, 1.165) is 16.9 Å². The Balaban J connectivity index is 1.98. The van der Waals surface area contributed by atoms with E-state index in [4.69, 9.17) is 33.0 Å². The Morgan fingerprint density at radius 1 is 1.00 bits per heavy atom. The fraction of sp³-hybridized carbons (Fsp3) is 0.125. The molecule has 0 radical (unpaired) electrons. The zero-order valence-corrected chi connectivity index (χ0v) is 12.1. The summed E-state index contributed by atoms with van der Waals surface area (Å²) in [6.07, 6.45) is 0. The topological polar surface area (TPSA) is 29.5 Å². The number of hydrogen-bond acceptors (Lipinski definition) is 2. The van der Waals surface area contributed by atoms with Gasteiger partial charge in [0.15, 0.2) is 0 Å². The molecule has 2 aromatic carbocycles. The highest BCUT2D eigenvalue weighted by Gasteiger charge is 2.01. The van der Waals surface area contributed by atoms with E-state index in [9.17, 15) is 0 Å². The molecule has 0 unspecified atom stereocenters. The van der Waals surface area contributed by atoms with Gasteiger partial charge in [0.25, 0.3) is 0 Å². The van der Waals surface area contributed by atoms with Crippen LogP contribution >= 0.6 is 23.2 Å². The maximum atomic E-state index is 8.62. The van der Waals surface area contributed by atoms with Crippen molar-refractivity contribution in [2.75, 3.05) is 6.61 Å². The van der Waals surface area contributed by atoms with Crippen molar-refractivity contribution in [1.82, 2.24) is 0 Å². The Hall–Kier alpha value is -1.66. The number of benzene rings is 2. The second-order valence-corrected chi connectivity index (χ2v) is 4.84. The first-order valence-corrected chi connectivity index (χ1v) is 6.71. The lowest BCUT2D eigenvalue weighted by Gasteiger charge is -2.07. The minimum absolute atomic E-state index is 0.143. The van der Waals surface area contributed by atoms with Crippen molar-refractivity contribution in [3.63, 3.8) is 0 Å². The molecule has 2 nitrogen and oxygen atoms in total. The molecule has 20 heavy (non-hydrogen) atoms. The van der Waals surface area contributed by atoms with E-state index in [1.54, 1.807) is 12.1 Å². The van der Waals surface area contributed by atoms with Gasteiger partial charge in [-0.15, -0.1) is 0 Å². The molecule has 0 atom stereocenters. The predicted octanol–water partition coefficient (Wildman–Crippen LogP) is 3.92. The lowest BCUT2D eigenvalue weighted by atomic mass is 10.2. The summed E-state index contributed by atoms with van der Waals surface area (Å²) in [6, 6.07) is 12.7. The van der Waals surface area contributed by atoms with E-state index < -0.39 is 0 Å². The summed E-state index contributed by atoms with van der Waals surface area (Å²) in [5.41, 5.74) is 1.78. The van der Waals surface area contributed by atoms with Crippen LogP contribution in [0.4, 0.5) is 0 Å². The molecule has 0 spiro atoms. The number of halogens is 2. The van der Waals surface area contributed by atoms with E-state index in [1.165, 1.54) is 0 Å². The summed E-state index contributed by atoms with van der Waals surface area (Å²) in [7, 11) is 0. The van der Waals surface area contributed by atoms with Crippen molar-refractivity contribution in [2.24, 2.45) is 0 Å². The third kappa shape index (κ3) is 4.18. The molecule has 1 N–H and O–H groups in total. The average Bonchev–Trinajstić information content (AvgIpc) is 2.47. The van der Waals surface area contributed by atoms with Crippen LogP contribution in [-0.2, 0) is 6.61 Å². The first-order chi connectivity index (χ1) is 9.69. The van der Waals surface area contributed by atoms with Gasteiger partial charge in [0, 0.05) is 5.56 Å². The van der Waals surface area contributed by atoms with Crippen LogP contribution in [0.1, 0.15) is 11.1 Å². The molecule has 0 saturated heterocycles. The second kappa shape index (κ2) is 7.21. The van der Waals surface area contributed by atoms with E-state index in [0.29, 0.717) is 16.7 Å². The zero-order chi connectivity index (χ0) is 14.4. The fourth-order valence-electron chi connectivity index (χ4n) is 1.57. The highest BCUT2D eigenvalue weighted by molar-refractivity contribution is 6.42. The Kier molecular flexibility index (Phi) is 5.31. The molecule has 0 fully saturated rings. The van der Waals surface area contributed by atoms with Crippen LogP contribution in [0.2, 0.25) is 10.0 Å². The molecule has 0 bridgehead atoms. The smallest absolute Gasteiger partial charge is 0.119 e. The van der Waals surface area contributed by atoms with Crippen molar-refractivity contribution < 1.29 is 9.84 Å². The number of ether oxygens (including phenoxy) is 1. The molecule has 0 amide bonds. The van der Waals surface area contributed by atoms with Gasteiger partial charge in [-0.25, -0.2) is 0 Å². The van der Waals surface area contributed by atoms with Gasteiger partial charge in [-0.3, -0.25) is 0 Å². The largest absolute Gasteiger partial charge is 0.489 e. The van der Waals surface area contributed by atoms with Gasteiger partial charge in [0.2, 0.25) is 0 Å². The number of aliphatic hydroxyl groups excluding tert-OH is 1. The molecule has 0 heterocycles. The molecule has 2 aromatic rings. The van der Waals surface area contributed by atoms with E-state index >= 15 is 0 Å². The van der Waals surface area contributed by atoms with Gasteiger partial charge in [0.1, 0.15) is 19.0 Å². The summed E-state index contributed by atoms with van der Waals surface area (Å²) >= 11 is 11.8. The quantitative estimate of drug-likeness (QED) is 0.871. The highest BCUT2D eigenvalue weighted by atomic mass is 35.5. The first-order valence-electron chi connectivity index (χ1n) is 5.95. The molecular weight excluding hydrogens is 295 g/mol. The van der Waals surface area contributed by atoms with E-state index in [2.05, 4.69) is 11.8 Å². The molecule has 102 valence electrons. The van der Waals surface area contributed by atoms with Crippen LogP contribution in [0, 0.1) is 11.8 Å². The Morgan fingerprint density at radius 3 is 2.40 bits per heavy atom. The van der Waals surface area contributed by atoms with Crippen molar-refractivity contribution >= 4 is 23.2 Å². The van der Waals surface area contributed by atoms with Crippen LogP contribution in [0.15, 0.2) is 42.5 Å². The zero-order valence-electron chi connectivity index (χ0n) is 10.6. The molecule has 0 saturated carbocycles. The van der Waals surface area contributed by atoms with Crippen molar-refractivity contribution in [3.8, 4) is 17.6 Å². The van der Waals surface area contributed by atoms with Crippen LogP contribution in [-0.4, -0.2) is 11.7 Å². The van der Waals surface area contributed by atoms with Gasteiger partial charge in [0.05, 0.1) is 10.0 Å². The van der Waals surface area contributed by atoms with Crippen LogP contribution in [0.5, 0.6) is 5.75 Å². The normalized spacial score (nSPS) is 9.75. The van der Waals surface area contributed by atoms with Crippen molar-refractivity contribution in [2.45, 2.75) is 6.61 Å². The van der Waals surface area contributed by atoms with Gasteiger partial charge >= 0.3 is 0 Å². The average molecular weight is 307 g/mol. The molecule has 0 aromatic heterocycles. The summed E-state index contributed by atoms with van der Waals surface area (Å²) < 4.78 is 5.65. The maximum absolute atomic E-state index is 8.62. The predicted molar refractivity (Wildman–Crippen MR) is 81.2 cm³/mol. The standard InChI is InChI=1S/C16H12Cl2O2/c17-15-8-5-13(10-16(15)18)11-20-14-6-3-12(4-7-14)2-1-9-19/h3-8,10,19H,9,11H2. The molecular formula is C16H12Cl2O2. The van der Waals surface area contributed by atoms with Crippen LogP contribution in [0.25, 0.3) is 0 Å². The monoisotopic (exact) mass is 306 g/mol. The third-order valence-corrected chi connectivity index (χ3v) is 3.29. The van der Waals surface area contributed by atoms with E-state index in [1.807, 2.05) is 30.3 Å². The van der Waals surface area contributed by atoms with Gasteiger partial charge < -0.3 is 9.84 Å². The molecule has 2 rings (SSSR count).